The highest BCUT2D eigenvalue weighted by Gasteiger charge is 2.39. The quantitative estimate of drug-likeness (QED) is 0.273. The molecule has 5 rings (SSSR count). The number of rotatable bonds is 7. The lowest BCUT2D eigenvalue weighted by Gasteiger charge is -2.15. The van der Waals surface area contributed by atoms with Crippen LogP contribution < -0.4 is 0 Å². The Hall–Kier alpha value is -2.84. The van der Waals surface area contributed by atoms with Crippen molar-refractivity contribution in [3.8, 4) is 0 Å². The number of carbonyl (C=O) groups is 3. The van der Waals surface area contributed by atoms with E-state index in [-0.39, 0.29) is 46.3 Å². The third kappa shape index (κ3) is 4.02. The summed E-state index contributed by atoms with van der Waals surface area (Å²) in [4.78, 5) is 46.3. The Bertz CT molecular complexity index is 1260. The molecule has 0 atom stereocenters. The van der Waals surface area contributed by atoms with Gasteiger partial charge in [-0.2, -0.15) is 0 Å². The summed E-state index contributed by atoms with van der Waals surface area (Å²) in [6.45, 7) is 3.74. The molecule has 0 amide bonds. The number of fused-ring (bicyclic) bond motifs is 4. The van der Waals surface area contributed by atoms with Crippen LogP contribution in [0.3, 0.4) is 0 Å². The van der Waals surface area contributed by atoms with Crippen molar-refractivity contribution in [2.75, 3.05) is 26.2 Å². The van der Waals surface area contributed by atoms with Gasteiger partial charge in [0.1, 0.15) is 11.4 Å². The van der Waals surface area contributed by atoms with Gasteiger partial charge in [0.05, 0.1) is 28.8 Å². The number of hydrogen-bond donors (Lipinski definition) is 0. The second-order valence-electron chi connectivity index (χ2n) is 8.50. The average Bonchev–Trinajstić information content (AvgIpc) is 3.45. The minimum Gasteiger partial charge on any atom is -0.462 e. The van der Waals surface area contributed by atoms with Crippen LogP contribution >= 0.6 is 15.9 Å². The number of pyridine rings is 2. The van der Waals surface area contributed by atoms with Gasteiger partial charge in [0.25, 0.3) is 0 Å². The van der Waals surface area contributed by atoms with Crippen molar-refractivity contribution in [3.63, 3.8) is 0 Å². The van der Waals surface area contributed by atoms with E-state index in [1.165, 1.54) is 32.1 Å². The monoisotopic (exact) mass is 509 g/mol. The molecule has 170 valence electrons. The Morgan fingerprint density at radius 3 is 2.70 bits per heavy atom. The van der Waals surface area contributed by atoms with Crippen LogP contribution in [0.1, 0.15) is 74.6 Å². The van der Waals surface area contributed by atoms with Gasteiger partial charge in [0, 0.05) is 16.9 Å². The van der Waals surface area contributed by atoms with Crippen LogP contribution in [0.25, 0.3) is 5.52 Å². The summed E-state index contributed by atoms with van der Waals surface area (Å²) in [6.07, 6.45) is 8.55. The molecule has 0 saturated carbocycles. The predicted molar refractivity (Wildman–Crippen MR) is 126 cm³/mol. The molecule has 0 unspecified atom stereocenters. The smallest absolute Gasteiger partial charge is 0.341 e. The molecule has 33 heavy (non-hydrogen) atoms. The van der Waals surface area contributed by atoms with Crippen LogP contribution in [-0.2, 0) is 4.74 Å². The molecule has 4 heterocycles. The highest BCUT2D eigenvalue weighted by molar-refractivity contribution is 9.10. The third-order valence-electron chi connectivity index (χ3n) is 6.36. The van der Waals surface area contributed by atoms with Gasteiger partial charge in [0.15, 0.2) is 5.78 Å². The molecular formula is C25H24BrN3O4. The molecular weight excluding hydrogens is 486 g/mol. The number of ether oxygens (including phenoxy) is 1. The van der Waals surface area contributed by atoms with Gasteiger partial charge < -0.3 is 14.0 Å². The Balaban J connectivity index is 1.38. The van der Waals surface area contributed by atoms with Crippen LogP contribution in [0.2, 0.25) is 0 Å². The molecule has 0 bridgehead atoms. The lowest BCUT2D eigenvalue weighted by molar-refractivity contribution is 0.0497. The summed E-state index contributed by atoms with van der Waals surface area (Å²) < 4.78 is 7.89. The first-order valence-corrected chi connectivity index (χ1v) is 12.1. The summed E-state index contributed by atoms with van der Waals surface area (Å²) in [6, 6.07) is 6.67. The third-order valence-corrected chi connectivity index (χ3v) is 6.83. The summed E-state index contributed by atoms with van der Waals surface area (Å²) in [5.74, 6) is -1.34. The molecule has 8 heteroatoms. The molecule has 1 aliphatic carbocycles. The molecule has 1 saturated heterocycles. The lowest BCUT2D eigenvalue weighted by atomic mass is 9.89. The van der Waals surface area contributed by atoms with Crippen LogP contribution in [0.4, 0.5) is 0 Å². The van der Waals surface area contributed by atoms with Crippen molar-refractivity contribution in [1.29, 1.82) is 0 Å². The molecule has 2 aliphatic rings. The summed E-state index contributed by atoms with van der Waals surface area (Å²) in [7, 11) is 0. The van der Waals surface area contributed by atoms with Crippen LogP contribution in [-0.4, -0.2) is 58.1 Å². The zero-order chi connectivity index (χ0) is 22.9. The fraction of sp³-hybridized carbons (Fsp3) is 0.360. The van der Waals surface area contributed by atoms with Crippen LogP contribution in [0.5, 0.6) is 0 Å². The van der Waals surface area contributed by atoms with Gasteiger partial charge in [-0.15, -0.1) is 0 Å². The first-order valence-electron chi connectivity index (χ1n) is 11.3. The van der Waals surface area contributed by atoms with Gasteiger partial charge in [-0.05, 0) is 91.9 Å². The van der Waals surface area contributed by atoms with E-state index in [4.69, 9.17) is 4.74 Å². The number of esters is 1. The van der Waals surface area contributed by atoms with Gasteiger partial charge >= 0.3 is 5.97 Å². The number of halogens is 1. The Labute approximate surface area is 199 Å². The van der Waals surface area contributed by atoms with E-state index in [0.29, 0.717) is 5.52 Å². The number of likely N-dealkylation sites (tertiary alicyclic amines) is 1. The maximum absolute atomic E-state index is 13.3. The van der Waals surface area contributed by atoms with Crippen molar-refractivity contribution in [2.45, 2.75) is 32.1 Å². The largest absolute Gasteiger partial charge is 0.462 e. The molecule has 3 aromatic rings. The first kappa shape index (κ1) is 22.0. The minimum atomic E-state index is -0.580. The Morgan fingerprint density at radius 2 is 1.88 bits per heavy atom. The number of unbranched alkanes of at least 4 members (excludes halogenated alkanes) is 2. The normalized spacial score (nSPS) is 15.7. The van der Waals surface area contributed by atoms with E-state index in [0.717, 1.165) is 30.3 Å². The van der Waals surface area contributed by atoms with Gasteiger partial charge in [0.2, 0.25) is 5.78 Å². The zero-order valence-electron chi connectivity index (χ0n) is 18.2. The molecule has 1 aliphatic heterocycles. The second-order valence-corrected chi connectivity index (χ2v) is 9.42. The molecule has 0 aromatic carbocycles. The standard InChI is InChI=1S/C25H24BrN3O4/c26-16-8-9-18-19(25(32)33-14-5-1-2-11-28-12-3-4-13-28)20-22(29(18)15-16)24(31)21-17(23(20)30)7-6-10-27-21/h6-10,15H,1-5,11-14H2. The van der Waals surface area contributed by atoms with E-state index >= 15 is 0 Å². The first-order chi connectivity index (χ1) is 16.1. The van der Waals surface area contributed by atoms with E-state index in [1.807, 2.05) is 0 Å². The highest BCUT2D eigenvalue weighted by atomic mass is 79.9. The number of hydrogen-bond acceptors (Lipinski definition) is 6. The maximum atomic E-state index is 13.3. The van der Waals surface area contributed by atoms with Crippen molar-refractivity contribution >= 4 is 39.0 Å². The molecule has 1 fully saturated rings. The van der Waals surface area contributed by atoms with Crippen LogP contribution in [0.15, 0.2) is 41.1 Å². The number of nitrogens with zero attached hydrogens (tertiary/aromatic N) is 3. The van der Waals surface area contributed by atoms with E-state index < -0.39 is 5.97 Å². The summed E-state index contributed by atoms with van der Waals surface area (Å²) in [5, 5.41) is 0. The lowest BCUT2D eigenvalue weighted by Crippen LogP contribution is -2.24. The van der Waals surface area contributed by atoms with E-state index in [1.54, 1.807) is 34.9 Å². The molecule has 0 N–H and O–H groups in total. The molecule has 0 radical (unpaired) electrons. The molecule has 0 spiro atoms. The number of aromatic nitrogens is 2. The average molecular weight is 510 g/mol. The van der Waals surface area contributed by atoms with Gasteiger partial charge in [-0.3, -0.25) is 14.6 Å². The maximum Gasteiger partial charge on any atom is 0.341 e. The van der Waals surface area contributed by atoms with E-state index in [2.05, 4.69) is 25.8 Å². The Kier molecular flexibility index (Phi) is 6.12. The molecule has 7 nitrogen and oxygen atoms in total. The SMILES string of the molecule is O=C1c2cccnc2C(=O)c2c1c(C(=O)OCCCCCN1CCCC1)c1ccc(Br)cn21. The fourth-order valence-electron chi connectivity index (χ4n) is 4.75. The highest BCUT2D eigenvalue weighted by Crippen LogP contribution is 2.34. The fourth-order valence-corrected chi connectivity index (χ4v) is 5.09. The van der Waals surface area contributed by atoms with Crippen molar-refractivity contribution in [3.05, 3.63) is 69.2 Å². The zero-order valence-corrected chi connectivity index (χ0v) is 19.8. The number of ketones is 2. The van der Waals surface area contributed by atoms with Gasteiger partial charge in [-0.1, -0.05) is 0 Å². The van der Waals surface area contributed by atoms with E-state index in [9.17, 15) is 14.4 Å². The minimum absolute atomic E-state index is 0.0950. The summed E-state index contributed by atoms with van der Waals surface area (Å²) in [5.41, 5.74) is 1.17. The summed E-state index contributed by atoms with van der Waals surface area (Å²) >= 11 is 3.41. The topological polar surface area (TPSA) is 81.0 Å². The van der Waals surface area contributed by atoms with Crippen molar-refractivity contribution < 1.29 is 19.1 Å². The molecule has 3 aromatic heterocycles. The second kappa shape index (κ2) is 9.19. The number of carbonyl (C=O) groups excluding carboxylic acids is 3. The van der Waals surface area contributed by atoms with Gasteiger partial charge in [-0.25, -0.2) is 4.79 Å². The van der Waals surface area contributed by atoms with Crippen molar-refractivity contribution in [2.24, 2.45) is 0 Å². The van der Waals surface area contributed by atoms with Crippen LogP contribution in [0, 0.1) is 0 Å². The Morgan fingerprint density at radius 1 is 1.06 bits per heavy atom. The predicted octanol–water partition coefficient (Wildman–Crippen LogP) is 4.30. The van der Waals surface area contributed by atoms with Crippen molar-refractivity contribution in [1.82, 2.24) is 14.3 Å².